The van der Waals surface area contributed by atoms with E-state index in [1.54, 1.807) is 0 Å². The molecule has 2 aliphatic carbocycles. The Morgan fingerprint density at radius 2 is 1.81 bits per heavy atom. The molecule has 152 valence electrons. The van der Waals surface area contributed by atoms with Crippen molar-refractivity contribution in [3.63, 3.8) is 0 Å². The Morgan fingerprint density at radius 1 is 1.07 bits per heavy atom. The topological polar surface area (TPSA) is 76.7 Å². The van der Waals surface area contributed by atoms with Gasteiger partial charge in [-0.3, -0.25) is 4.79 Å². The third-order valence-electron chi connectivity index (χ3n) is 4.72. The Labute approximate surface area is 162 Å². The highest BCUT2D eigenvalue weighted by Gasteiger charge is 2.26. The number of amides is 2. The van der Waals surface area contributed by atoms with Gasteiger partial charge in [0.15, 0.2) is 0 Å². The lowest BCUT2D eigenvalue weighted by atomic mass is 10.0. The van der Waals surface area contributed by atoms with Gasteiger partial charge in [-0.05, 0) is 64.7 Å². The largest absolute Gasteiger partial charge is 0.446 e. The molecule has 2 N–H and O–H groups in total. The maximum absolute atomic E-state index is 11.8. The van der Waals surface area contributed by atoms with E-state index in [4.69, 9.17) is 9.47 Å². The molecular formula is C21H34N2O4. The van der Waals surface area contributed by atoms with Crippen LogP contribution in [0.25, 0.3) is 0 Å². The number of allylic oxidation sites excluding steroid dienone is 4. The third-order valence-corrected chi connectivity index (χ3v) is 4.72. The Balaban J connectivity index is 1.47. The van der Waals surface area contributed by atoms with E-state index in [2.05, 4.69) is 34.9 Å². The molecule has 0 spiro atoms. The second-order valence-electron chi connectivity index (χ2n) is 7.94. The molecule has 0 heterocycles. The van der Waals surface area contributed by atoms with Crippen molar-refractivity contribution in [2.45, 2.75) is 70.5 Å². The zero-order valence-corrected chi connectivity index (χ0v) is 16.7. The molecule has 0 saturated heterocycles. The van der Waals surface area contributed by atoms with Crippen molar-refractivity contribution >= 4 is 12.0 Å². The predicted molar refractivity (Wildman–Crippen MR) is 105 cm³/mol. The van der Waals surface area contributed by atoms with Gasteiger partial charge in [0.2, 0.25) is 5.91 Å². The number of rotatable bonds is 10. The lowest BCUT2D eigenvalue weighted by molar-refractivity contribution is -0.131. The van der Waals surface area contributed by atoms with E-state index < -0.39 is 0 Å². The average molecular weight is 379 g/mol. The minimum absolute atomic E-state index is 0.000921. The fraction of sp³-hybridized carbons (Fsp3) is 0.714. The molecule has 1 atom stereocenters. The minimum atomic E-state index is -0.366. The first kappa shape index (κ1) is 21.5. The molecule has 0 aromatic heterocycles. The Kier molecular flexibility index (Phi) is 8.85. The highest BCUT2D eigenvalue weighted by molar-refractivity contribution is 5.77. The van der Waals surface area contributed by atoms with Crippen LogP contribution in [0.4, 0.5) is 4.79 Å². The number of ether oxygens (including phenoxy) is 2. The van der Waals surface area contributed by atoms with Gasteiger partial charge in [0.05, 0.1) is 5.60 Å². The van der Waals surface area contributed by atoms with Crippen LogP contribution in [0.3, 0.4) is 0 Å². The summed E-state index contributed by atoms with van der Waals surface area (Å²) in [5.74, 6) is 0.393. The fourth-order valence-corrected chi connectivity index (χ4v) is 3.10. The summed E-state index contributed by atoms with van der Waals surface area (Å²) in [6.07, 6.45) is 14.7. The SMILES string of the molecule is CC(C)(CC1C=C1)OCC(=O)NCCCNC(=O)OC1CC/C=C/CCC1. The summed E-state index contributed by atoms with van der Waals surface area (Å²) in [6, 6.07) is 0. The van der Waals surface area contributed by atoms with Crippen LogP contribution in [0.2, 0.25) is 0 Å². The van der Waals surface area contributed by atoms with Crippen molar-refractivity contribution in [3.8, 4) is 0 Å². The zero-order valence-electron chi connectivity index (χ0n) is 16.7. The molecular weight excluding hydrogens is 344 g/mol. The van der Waals surface area contributed by atoms with Gasteiger partial charge in [-0.25, -0.2) is 4.79 Å². The maximum Gasteiger partial charge on any atom is 0.407 e. The number of carbonyl (C=O) groups is 2. The first-order valence-corrected chi connectivity index (χ1v) is 10.1. The molecule has 27 heavy (non-hydrogen) atoms. The summed E-state index contributed by atoms with van der Waals surface area (Å²) >= 11 is 0. The van der Waals surface area contributed by atoms with Gasteiger partial charge >= 0.3 is 6.09 Å². The molecule has 6 nitrogen and oxygen atoms in total. The number of hydrogen-bond acceptors (Lipinski definition) is 4. The van der Waals surface area contributed by atoms with Gasteiger partial charge < -0.3 is 20.1 Å². The van der Waals surface area contributed by atoms with Crippen molar-refractivity contribution < 1.29 is 19.1 Å². The van der Waals surface area contributed by atoms with E-state index in [-0.39, 0.29) is 30.3 Å². The average Bonchev–Trinajstić information content (AvgIpc) is 3.38. The van der Waals surface area contributed by atoms with Crippen LogP contribution in [-0.2, 0) is 14.3 Å². The monoisotopic (exact) mass is 378 g/mol. The van der Waals surface area contributed by atoms with Crippen LogP contribution < -0.4 is 10.6 Å². The van der Waals surface area contributed by atoms with E-state index >= 15 is 0 Å². The maximum atomic E-state index is 11.8. The quantitative estimate of drug-likeness (QED) is 0.451. The molecule has 2 aliphatic rings. The van der Waals surface area contributed by atoms with Gasteiger partial charge in [-0.1, -0.05) is 24.3 Å². The number of nitrogens with one attached hydrogen (secondary N) is 2. The van der Waals surface area contributed by atoms with E-state index in [1.807, 2.05) is 13.8 Å². The zero-order chi connectivity index (χ0) is 19.5. The van der Waals surface area contributed by atoms with Crippen molar-refractivity contribution in [2.24, 2.45) is 5.92 Å². The Hall–Kier alpha value is -1.82. The third kappa shape index (κ3) is 10.2. The van der Waals surface area contributed by atoms with Gasteiger partial charge in [0.25, 0.3) is 0 Å². The van der Waals surface area contributed by atoms with Crippen LogP contribution in [0.5, 0.6) is 0 Å². The second kappa shape index (κ2) is 11.1. The number of hydrogen-bond donors (Lipinski definition) is 2. The van der Waals surface area contributed by atoms with E-state index in [0.717, 1.165) is 38.5 Å². The lowest BCUT2D eigenvalue weighted by Gasteiger charge is -2.25. The molecule has 0 aromatic carbocycles. The Morgan fingerprint density at radius 3 is 2.59 bits per heavy atom. The molecule has 2 amide bonds. The minimum Gasteiger partial charge on any atom is -0.446 e. The lowest BCUT2D eigenvalue weighted by Crippen LogP contribution is -2.36. The van der Waals surface area contributed by atoms with Crippen molar-refractivity contribution in [1.82, 2.24) is 10.6 Å². The van der Waals surface area contributed by atoms with Gasteiger partial charge in [-0.15, -0.1) is 0 Å². The summed E-state index contributed by atoms with van der Waals surface area (Å²) in [7, 11) is 0. The Bertz CT molecular complexity index is 536. The molecule has 1 unspecified atom stereocenters. The van der Waals surface area contributed by atoms with Crippen molar-refractivity contribution in [1.29, 1.82) is 0 Å². The highest BCUT2D eigenvalue weighted by atomic mass is 16.6. The van der Waals surface area contributed by atoms with Crippen LogP contribution in [0, 0.1) is 5.92 Å². The van der Waals surface area contributed by atoms with Gasteiger partial charge in [-0.2, -0.15) is 0 Å². The van der Waals surface area contributed by atoms with Gasteiger partial charge in [0.1, 0.15) is 12.7 Å². The first-order valence-electron chi connectivity index (χ1n) is 10.1. The molecule has 2 rings (SSSR count). The standard InChI is InChI=1S/C21H34N2O4/c1-21(2,15-17-11-12-17)26-16-19(24)22-13-8-14-23-20(25)27-18-9-6-4-3-5-7-10-18/h3-4,11-12,17-18H,5-10,13-16H2,1-2H3,(H,22,24)(H,23,25)/b4-3+. The van der Waals surface area contributed by atoms with Crippen LogP contribution in [-0.4, -0.2) is 43.4 Å². The molecule has 6 heteroatoms. The summed E-state index contributed by atoms with van der Waals surface area (Å²) in [6.45, 7) is 5.04. The fourth-order valence-electron chi connectivity index (χ4n) is 3.10. The molecule has 0 radical (unpaired) electrons. The predicted octanol–water partition coefficient (Wildman–Crippen LogP) is 3.48. The normalized spacial score (nSPS) is 21.0. The first-order chi connectivity index (χ1) is 12.9. The molecule has 0 aliphatic heterocycles. The molecule has 0 fully saturated rings. The summed E-state index contributed by atoms with van der Waals surface area (Å²) in [5, 5.41) is 5.57. The summed E-state index contributed by atoms with van der Waals surface area (Å²) in [5.41, 5.74) is -0.302. The molecule has 0 saturated carbocycles. The highest BCUT2D eigenvalue weighted by Crippen LogP contribution is 2.29. The van der Waals surface area contributed by atoms with Crippen LogP contribution >= 0.6 is 0 Å². The number of carbonyl (C=O) groups excluding carboxylic acids is 2. The molecule has 0 aromatic rings. The molecule has 0 bridgehead atoms. The van der Waals surface area contributed by atoms with E-state index in [1.165, 1.54) is 0 Å². The second-order valence-corrected chi connectivity index (χ2v) is 7.94. The van der Waals surface area contributed by atoms with Crippen molar-refractivity contribution in [2.75, 3.05) is 19.7 Å². The number of alkyl carbamates (subject to hydrolysis) is 1. The van der Waals surface area contributed by atoms with Crippen LogP contribution in [0.1, 0.15) is 58.8 Å². The van der Waals surface area contributed by atoms with E-state index in [0.29, 0.717) is 25.4 Å². The van der Waals surface area contributed by atoms with Crippen molar-refractivity contribution in [3.05, 3.63) is 24.3 Å². The van der Waals surface area contributed by atoms with Gasteiger partial charge in [0, 0.05) is 13.1 Å². The smallest absolute Gasteiger partial charge is 0.407 e. The van der Waals surface area contributed by atoms with Crippen LogP contribution in [0.15, 0.2) is 24.3 Å². The van der Waals surface area contributed by atoms with E-state index in [9.17, 15) is 9.59 Å². The summed E-state index contributed by atoms with van der Waals surface area (Å²) in [4.78, 5) is 23.7. The summed E-state index contributed by atoms with van der Waals surface area (Å²) < 4.78 is 11.2.